The maximum Gasteiger partial charge on any atom is 0.0215 e. The van der Waals surface area contributed by atoms with Crippen LogP contribution in [0.3, 0.4) is 0 Å². The Bertz CT molecular complexity index is 316. The molecule has 3 heterocycles. The molecule has 3 aliphatic heterocycles. The molecule has 20 heavy (non-hydrogen) atoms. The highest BCUT2D eigenvalue weighted by atomic mass is 15.6. The molecule has 4 nitrogen and oxygen atoms in total. The Balaban J connectivity index is 1.41. The summed E-state index contributed by atoms with van der Waals surface area (Å²) in [6, 6.07) is 0. The van der Waals surface area contributed by atoms with Crippen LogP contribution in [-0.4, -0.2) is 86.3 Å². The van der Waals surface area contributed by atoms with Crippen LogP contribution in [0.25, 0.3) is 0 Å². The van der Waals surface area contributed by atoms with Gasteiger partial charge in [0.15, 0.2) is 0 Å². The van der Waals surface area contributed by atoms with Crippen LogP contribution in [0.4, 0.5) is 0 Å². The van der Waals surface area contributed by atoms with Crippen molar-refractivity contribution in [3.63, 3.8) is 0 Å². The van der Waals surface area contributed by atoms with Gasteiger partial charge in [0.1, 0.15) is 0 Å². The van der Waals surface area contributed by atoms with Crippen LogP contribution in [0, 0.1) is 11.3 Å². The molecule has 0 aromatic rings. The summed E-state index contributed by atoms with van der Waals surface area (Å²) in [5.41, 5.74) is 0.633. The van der Waals surface area contributed by atoms with Crippen molar-refractivity contribution in [1.29, 1.82) is 0 Å². The van der Waals surface area contributed by atoms with Crippen molar-refractivity contribution in [3.05, 3.63) is 0 Å². The van der Waals surface area contributed by atoms with Crippen molar-refractivity contribution in [2.75, 3.05) is 66.5 Å². The lowest BCUT2D eigenvalue weighted by Gasteiger charge is -2.50. The fourth-order valence-corrected chi connectivity index (χ4v) is 4.30. The molecule has 1 spiro atoms. The lowest BCUT2D eigenvalue weighted by atomic mass is 9.80. The summed E-state index contributed by atoms with van der Waals surface area (Å²) in [7, 11) is 4.34. The van der Waals surface area contributed by atoms with Gasteiger partial charge in [-0.05, 0) is 51.4 Å². The highest BCUT2D eigenvalue weighted by molar-refractivity contribution is 5.00. The lowest BCUT2D eigenvalue weighted by molar-refractivity contribution is -0.120. The summed E-state index contributed by atoms with van der Waals surface area (Å²) in [6.07, 6.45) is 4.26. The van der Waals surface area contributed by atoms with Gasteiger partial charge in [-0.2, -0.15) is 0 Å². The molecule has 0 unspecified atom stereocenters. The number of rotatable bonds is 4. The Morgan fingerprint density at radius 2 is 1.70 bits per heavy atom. The van der Waals surface area contributed by atoms with Crippen LogP contribution in [-0.2, 0) is 0 Å². The lowest BCUT2D eigenvalue weighted by Crippen LogP contribution is -2.61. The Morgan fingerprint density at radius 3 is 2.30 bits per heavy atom. The van der Waals surface area contributed by atoms with Crippen LogP contribution in [0.1, 0.15) is 26.2 Å². The molecule has 0 aliphatic carbocycles. The quantitative estimate of drug-likeness (QED) is 0.767. The van der Waals surface area contributed by atoms with Gasteiger partial charge in [0.25, 0.3) is 0 Å². The maximum absolute atomic E-state index is 2.76. The van der Waals surface area contributed by atoms with E-state index in [1.165, 1.54) is 71.6 Å². The molecule has 0 aromatic heterocycles. The third-order valence-corrected chi connectivity index (χ3v) is 5.79. The van der Waals surface area contributed by atoms with Gasteiger partial charge in [-0.3, -0.25) is 0 Å². The van der Waals surface area contributed by atoms with E-state index in [1.807, 2.05) is 0 Å². The molecule has 0 radical (unpaired) electrons. The molecule has 3 saturated heterocycles. The van der Waals surface area contributed by atoms with E-state index in [1.54, 1.807) is 0 Å². The van der Waals surface area contributed by atoms with E-state index < -0.39 is 0 Å². The first-order valence-corrected chi connectivity index (χ1v) is 8.47. The van der Waals surface area contributed by atoms with E-state index in [0.29, 0.717) is 5.41 Å². The summed E-state index contributed by atoms with van der Waals surface area (Å²) in [5, 5.41) is 4.73. The number of hydrazine groups is 1. The number of hydrogen-bond donors (Lipinski definition) is 0. The van der Waals surface area contributed by atoms with Gasteiger partial charge in [-0.25, -0.2) is 10.0 Å². The van der Waals surface area contributed by atoms with E-state index in [2.05, 4.69) is 40.8 Å². The molecule has 0 atom stereocenters. The molecular formula is C16H32N4. The normalized spacial score (nSPS) is 29.4. The van der Waals surface area contributed by atoms with E-state index in [4.69, 9.17) is 0 Å². The Kier molecular flexibility index (Phi) is 4.37. The summed E-state index contributed by atoms with van der Waals surface area (Å²) < 4.78 is 0. The molecule has 116 valence electrons. The second-order valence-electron chi connectivity index (χ2n) is 7.53. The van der Waals surface area contributed by atoms with Crippen LogP contribution < -0.4 is 0 Å². The first-order valence-electron chi connectivity index (χ1n) is 8.47. The Hall–Kier alpha value is -0.160. The minimum atomic E-state index is 0.633. The van der Waals surface area contributed by atoms with E-state index in [9.17, 15) is 0 Å². The molecule has 0 amide bonds. The zero-order valence-electron chi connectivity index (χ0n) is 13.6. The van der Waals surface area contributed by atoms with Crippen molar-refractivity contribution in [2.45, 2.75) is 26.2 Å². The number of likely N-dealkylation sites (tertiary alicyclic amines) is 2. The second-order valence-corrected chi connectivity index (χ2v) is 7.53. The topological polar surface area (TPSA) is 13.0 Å². The van der Waals surface area contributed by atoms with Crippen molar-refractivity contribution in [1.82, 2.24) is 19.8 Å². The molecule has 3 fully saturated rings. The Morgan fingerprint density at radius 1 is 1.00 bits per heavy atom. The largest absolute Gasteiger partial charge is 0.304 e. The zero-order chi connectivity index (χ0) is 14.2. The maximum atomic E-state index is 2.76. The fourth-order valence-electron chi connectivity index (χ4n) is 4.30. The summed E-state index contributed by atoms with van der Waals surface area (Å²) in [5.74, 6) is 0.956. The summed E-state index contributed by atoms with van der Waals surface area (Å²) >= 11 is 0. The number of nitrogens with zero attached hydrogens (tertiary/aromatic N) is 4. The molecule has 3 rings (SSSR count). The third-order valence-electron chi connectivity index (χ3n) is 5.79. The third kappa shape index (κ3) is 3.03. The molecule has 0 aromatic carbocycles. The fraction of sp³-hybridized carbons (Fsp3) is 1.00. The van der Waals surface area contributed by atoms with Gasteiger partial charge < -0.3 is 9.80 Å². The molecule has 3 aliphatic rings. The minimum Gasteiger partial charge on any atom is -0.304 e. The highest BCUT2D eigenvalue weighted by Gasteiger charge is 2.48. The minimum absolute atomic E-state index is 0.633. The summed E-state index contributed by atoms with van der Waals surface area (Å²) in [4.78, 5) is 5.36. The molecule has 0 saturated carbocycles. The van der Waals surface area contributed by atoms with Gasteiger partial charge in [0, 0.05) is 45.7 Å². The van der Waals surface area contributed by atoms with Crippen LogP contribution in [0.2, 0.25) is 0 Å². The molecule has 0 bridgehead atoms. The van der Waals surface area contributed by atoms with E-state index >= 15 is 0 Å². The number of hydrogen-bond acceptors (Lipinski definition) is 4. The van der Waals surface area contributed by atoms with Gasteiger partial charge in [0.05, 0.1) is 0 Å². The highest BCUT2D eigenvalue weighted by Crippen LogP contribution is 2.40. The molecule has 0 N–H and O–H groups in total. The van der Waals surface area contributed by atoms with Crippen molar-refractivity contribution in [2.24, 2.45) is 11.3 Å². The predicted molar refractivity (Wildman–Crippen MR) is 83.6 cm³/mol. The first kappa shape index (κ1) is 14.8. The van der Waals surface area contributed by atoms with Gasteiger partial charge in [0.2, 0.25) is 0 Å². The summed E-state index contributed by atoms with van der Waals surface area (Å²) in [6.45, 7) is 12.8. The smallest absolute Gasteiger partial charge is 0.0215 e. The second kappa shape index (κ2) is 5.91. The molecular weight excluding hydrogens is 248 g/mol. The van der Waals surface area contributed by atoms with Crippen molar-refractivity contribution in [3.8, 4) is 0 Å². The SMILES string of the molecule is CCN1CCC(CN2CCC3(C2)CN(N(C)C)C3)CC1. The van der Waals surface area contributed by atoms with Gasteiger partial charge in [-0.15, -0.1) is 0 Å². The van der Waals surface area contributed by atoms with Gasteiger partial charge >= 0.3 is 0 Å². The average molecular weight is 280 g/mol. The zero-order valence-corrected chi connectivity index (χ0v) is 13.6. The van der Waals surface area contributed by atoms with Crippen LogP contribution in [0.5, 0.6) is 0 Å². The van der Waals surface area contributed by atoms with Crippen LogP contribution in [0.15, 0.2) is 0 Å². The van der Waals surface area contributed by atoms with Crippen LogP contribution >= 0.6 is 0 Å². The molecule has 4 heteroatoms. The monoisotopic (exact) mass is 280 g/mol. The van der Waals surface area contributed by atoms with E-state index in [0.717, 1.165) is 5.92 Å². The predicted octanol–water partition coefficient (Wildman–Crippen LogP) is 1.20. The van der Waals surface area contributed by atoms with Crippen molar-refractivity contribution < 1.29 is 0 Å². The number of piperidine rings is 1. The van der Waals surface area contributed by atoms with E-state index in [-0.39, 0.29) is 0 Å². The standard InChI is InChI=1S/C16H32N4/c1-4-18-8-5-15(6-9-18)11-19-10-7-16(12-19)13-20(14-16)17(2)3/h15H,4-14H2,1-3H3. The average Bonchev–Trinajstić information content (AvgIpc) is 2.82. The Labute approximate surface area is 124 Å². The van der Waals surface area contributed by atoms with Crippen molar-refractivity contribution >= 4 is 0 Å². The van der Waals surface area contributed by atoms with Gasteiger partial charge in [-0.1, -0.05) is 6.92 Å². The first-order chi connectivity index (χ1) is 9.60.